The van der Waals surface area contributed by atoms with Gasteiger partial charge in [-0.05, 0) is 60.6 Å². The molecule has 1 amide bonds. The Balaban J connectivity index is 1.85. The van der Waals surface area contributed by atoms with Gasteiger partial charge in [-0.25, -0.2) is 0 Å². The minimum atomic E-state index is -0.491. The zero-order valence-corrected chi connectivity index (χ0v) is 18.9. The lowest BCUT2D eigenvalue weighted by molar-refractivity contribution is -0.113. The number of carbonyl (C=O) groups is 1. The van der Waals surface area contributed by atoms with E-state index in [1.165, 1.54) is 0 Å². The van der Waals surface area contributed by atoms with E-state index in [9.17, 15) is 4.79 Å². The Bertz CT molecular complexity index is 1240. The molecule has 5 nitrogen and oxygen atoms in total. The summed E-state index contributed by atoms with van der Waals surface area (Å²) in [4.78, 5) is 13.5. The monoisotopic (exact) mass is 451 g/mol. The van der Waals surface area contributed by atoms with Gasteiger partial charge in [0.15, 0.2) is 5.11 Å². The minimum absolute atomic E-state index is 0.245. The van der Waals surface area contributed by atoms with E-state index in [4.69, 9.17) is 28.6 Å². The molecule has 0 aromatic heterocycles. The number of halogens is 1. The molecule has 31 heavy (non-hydrogen) atoms. The fraction of sp³-hybridized carbons (Fsp3) is 0.167. The molecule has 0 aliphatic carbocycles. The lowest BCUT2D eigenvalue weighted by atomic mass is 9.90. The van der Waals surface area contributed by atoms with Crippen molar-refractivity contribution in [3.63, 3.8) is 0 Å². The van der Waals surface area contributed by atoms with Gasteiger partial charge < -0.3 is 20.7 Å². The summed E-state index contributed by atoms with van der Waals surface area (Å²) < 4.78 is 5.68. The Morgan fingerprint density at radius 3 is 2.68 bits per heavy atom. The van der Waals surface area contributed by atoms with Crippen molar-refractivity contribution in [3.8, 4) is 5.75 Å². The van der Waals surface area contributed by atoms with Crippen LogP contribution in [0.2, 0.25) is 5.02 Å². The van der Waals surface area contributed by atoms with Crippen molar-refractivity contribution in [3.05, 3.63) is 82.0 Å². The van der Waals surface area contributed by atoms with Gasteiger partial charge >= 0.3 is 0 Å². The van der Waals surface area contributed by atoms with Crippen LogP contribution in [0.3, 0.4) is 0 Å². The third kappa shape index (κ3) is 4.09. The van der Waals surface area contributed by atoms with Gasteiger partial charge in [-0.15, -0.1) is 0 Å². The number of fused-ring (bicyclic) bond motifs is 1. The lowest BCUT2D eigenvalue weighted by Crippen LogP contribution is -2.46. The fourth-order valence-electron chi connectivity index (χ4n) is 3.88. The largest absolute Gasteiger partial charge is 0.496 e. The SMILES string of the molecule is COc1ccc2ccccc2c1[C@H]1NC(=S)NC(C)=C1C(=O)Nc1cc(Cl)ccc1C. The van der Waals surface area contributed by atoms with Gasteiger partial charge in [0.2, 0.25) is 0 Å². The fourth-order valence-corrected chi connectivity index (χ4v) is 4.32. The first kappa shape index (κ1) is 21.2. The Morgan fingerprint density at radius 2 is 1.90 bits per heavy atom. The number of benzene rings is 3. The number of anilines is 1. The summed E-state index contributed by atoms with van der Waals surface area (Å²) in [5.41, 5.74) is 3.65. The first-order valence-corrected chi connectivity index (χ1v) is 10.6. The standard InChI is InChI=1S/C24H22ClN3O2S/c1-13-8-10-16(25)12-18(13)27-23(29)20-14(2)26-24(31)28-22(20)21-17-7-5-4-6-15(17)9-11-19(21)30-3/h4-12,22H,1-3H3,(H,27,29)(H2,26,28,31)/t22-/m0/s1. The number of nitrogens with one attached hydrogen (secondary N) is 3. The first-order valence-electron chi connectivity index (χ1n) is 9.80. The number of amides is 1. The van der Waals surface area contributed by atoms with Crippen LogP contribution in [0.1, 0.15) is 24.1 Å². The smallest absolute Gasteiger partial charge is 0.255 e. The molecule has 3 N–H and O–H groups in total. The summed E-state index contributed by atoms with van der Waals surface area (Å²) >= 11 is 11.6. The van der Waals surface area contributed by atoms with Gasteiger partial charge in [0.05, 0.1) is 18.7 Å². The third-order valence-corrected chi connectivity index (χ3v) is 5.86. The van der Waals surface area contributed by atoms with E-state index in [0.29, 0.717) is 32.8 Å². The van der Waals surface area contributed by atoms with Crippen LogP contribution in [0, 0.1) is 6.92 Å². The second-order valence-electron chi connectivity index (χ2n) is 7.39. The van der Waals surface area contributed by atoms with E-state index >= 15 is 0 Å². The molecule has 3 aromatic carbocycles. The molecule has 1 aliphatic rings. The molecule has 7 heteroatoms. The van der Waals surface area contributed by atoms with Crippen molar-refractivity contribution in [2.24, 2.45) is 0 Å². The van der Waals surface area contributed by atoms with Crippen molar-refractivity contribution < 1.29 is 9.53 Å². The summed E-state index contributed by atoms with van der Waals surface area (Å²) in [6.45, 7) is 3.77. The Morgan fingerprint density at radius 1 is 1.13 bits per heavy atom. The van der Waals surface area contributed by atoms with Gasteiger partial charge in [0, 0.05) is 22.0 Å². The van der Waals surface area contributed by atoms with Crippen LogP contribution in [-0.4, -0.2) is 18.1 Å². The van der Waals surface area contributed by atoms with Crippen LogP contribution in [-0.2, 0) is 4.79 Å². The molecular formula is C24H22ClN3O2S. The summed E-state index contributed by atoms with van der Waals surface area (Å²) in [7, 11) is 1.62. The van der Waals surface area contributed by atoms with Gasteiger partial charge in [-0.2, -0.15) is 0 Å². The summed E-state index contributed by atoms with van der Waals surface area (Å²) in [5.74, 6) is 0.434. The molecule has 4 rings (SSSR count). The average Bonchev–Trinajstić information content (AvgIpc) is 2.74. The number of thiocarbonyl (C=S) groups is 1. The second-order valence-corrected chi connectivity index (χ2v) is 8.23. The number of aryl methyl sites for hydroxylation is 1. The van der Waals surface area contributed by atoms with Crippen LogP contribution in [0.4, 0.5) is 5.69 Å². The third-order valence-electron chi connectivity index (χ3n) is 5.40. The van der Waals surface area contributed by atoms with Crippen molar-refractivity contribution in [1.82, 2.24) is 10.6 Å². The van der Waals surface area contributed by atoms with Crippen LogP contribution >= 0.6 is 23.8 Å². The van der Waals surface area contributed by atoms with Gasteiger partial charge in [0.1, 0.15) is 5.75 Å². The molecule has 0 saturated heterocycles. The zero-order chi connectivity index (χ0) is 22.1. The van der Waals surface area contributed by atoms with Crippen molar-refractivity contribution in [2.45, 2.75) is 19.9 Å². The Kier molecular flexibility index (Phi) is 5.85. The van der Waals surface area contributed by atoms with E-state index in [-0.39, 0.29) is 5.91 Å². The molecule has 3 aromatic rings. The molecular weight excluding hydrogens is 430 g/mol. The predicted molar refractivity (Wildman–Crippen MR) is 130 cm³/mol. The Hall–Kier alpha value is -3.09. The van der Waals surface area contributed by atoms with Gasteiger partial charge in [-0.3, -0.25) is 4.79 Å². The maximum absolute atomic E-state index is 13.5. The van der Waals surface area contributed by atoms with Crippen molar-refractivity contribution in [2.75, 3.05) is 12.4 Å². The first-order chi connectivity index (χ1) is 14.9. The number of hydrogen-bond acceptors (Lipinski definition) is 3. The normalized spacial score (nSPS) is 16.0. The van der Waals surface area contributed by atoms with E-state index in [1.54, 1.807) is 19.2 Å². The van der Waals surface area contributed by atoms with Crippen LogP contribution in [0.15, 0.2) is 65.9 Å². The Labute approximate surface area is 191 Å². The highest BCUT2D eigenvalue weighted by atomic mass is 35.5. The number of methoxy groups -OCH3 is 1. The van der Waals surface area contributed by atoms with E-state index < -0.39 is 6.04 Å². The maximum atomic E-state index is 13.5. The summed E-state index contributed by atoms with van der Waals surface area (Å²) in [6.07, 6.45) is 0. The molecule has 0 saturated carbocycles. The topological polar surface area (TPSA) is 62.4 Å². The highest BCUT2D eigenvalue weighted by Gasteiger charge is 2.33. The molecule has 0 bridgehead atoms. The van der Waals surface area contributed by atoms with E-state index in [2.05, 4.69) is 16.0 Å². The number of rotatable bonds is 4. The zero-order valence-electron chi connectivity index (χ0n) is 17.4. The van der Waals surface area contributed by atoms with Crippen LogP contribution in [0.5, 0.6) is 5.75 Å². The molecule has 1 aliphatic heterocycles. The van der Waals surface area contributed by atoms with E-state index in [0.717, 1.165) is 21.9 Å². The minimum Gasteiger partial charge on any atom is -0.496 e. The number of carbonyl (C=O) groups excluding carboxylic acids is 1. The second kappa shape index (κ2) is 8.57. The molecule has 0 spiro atoms. The molecule has 0 fully saturated rings. The molecule has 1 heterocycles. The highest BCUT2D eigenvalue weighted by molar-refractivity contribution is 7.80. The number of ether oxygens (including phenoxy) is 1. The number of hydrogen-bond donors (Lipinski definition) is 3. The summed E-state index contributed by atoms with van der Waals surface area (Å²) in [5, 5.41) is 12.4. The van der Waals surface area contributed by atoms with Gasteiger partial charge in [-0.1, -0.05) is 48.0 Å². The van der Waals surface area contributed by atoms with Crippen LogP contribution in [0.25, 0.3) is 10.8 Å². The number of allylic oxidation sites excluding steroid dienone is 1. The summed E-state index contributed by atoms with van der Waals surface area (Å²) in [6, 6.07) is 16.8. The highest BCUT2D eigenvalue weighted by Crippen LogP contribution is 2.38. The molecule has 0 unspecified atom stereocenters. The van der Waals surface area contributed by atoms with Crippen LogP contribution < -0.4 is 20.7 Å². The van der Waals surface area contributed by atoms with Crippen molar-refractivity contribution in [1.29, 1.82) is 0 Å². The lowest BCUT2D eigenvalue weighted by Gasteiger charge is -2.32. The quantitative estimate of drug-likeness (QED) is 0.473. The average molecular weight is 452 g/mol. The maximum Gasteiger partial charge on any atom is 0.255 e. The van der Waals surface area contributed by atoms with Gasteiger partial charge in [0.25, 0.3) is 5.91 Å². The molecule has 158 valence electrons. The molecule has 0 radical (unpaired) electrons. The molecule has 1 atom stereocenters. The van der Waals surface area contributed by atoms with Crippen molar-refractivity contribution >= 4 is 51.3 Å². The predicted octanol–water partition coefficient (Wildman–Crippen LogP) is 5.24. The van der Waals surface area contributed by atoms with E-state index in [1.807, 2.05) is 56.3 Å².